The molecule has 3 aromatic carbocycles. The van der Waals surface area contributed by atoms with Gasteiger partial charge in [-0.1, -0.05) is 0 Å². The molecule has 5 rings (SSSR count). The van der Waals surface area contributed by atoms with Crippen LogP contribution in [0.3, 0.4) is 0 Å². The highest BCUT2D eigenvalue weighted by molar-refractivity contribution is 5.92. The predicted octanol–water partition coefficient (Wildman–Crippen LogP) is 5.36. The quantitative estimate of drug-likeness (QED) is 0.175. The summed E-state index contributed by atoms with van der Waals surface area (Å²) in [5.41, 5.74) is 3.47. The first-order chi connectivity index (χ1) is 21.3. The molecule has 0 N–H and O–H groups in total. The zero-order valence-corrected chi connectivity index (χ0v) is 25.6. The van der Waals surface area contributed by atoms with Gasteiger partial charge in [0, 0.05) is 30.1 Å². The SMILES string of the molecule is COc1cc2c(cc1OC)C(COc1ccc3c(C)cc(=O)oc3c1)N(C(=O)/C=C/c1cc(OC)c(OC)c(OC)c1)CC2. The average Bonchev–Trinajstić information content (AvgIpc) is 3.04. The number of amides is 1. The number of rotatable bonds is 10. The van der Waals surface area contributed by atoms with Crippen LogP contribution in [0.1, 0.15) is 28.3 Å². The van der Waals surface area contributed by atoms with Crippen LogP contribution in [-0.2, 0) is 11.2 Å². The van der Waals surface area contributed by atoms with Crippen LogP contribution in [0.15, 0.2) is 63.8 Å². The highest BCUT2D eigenvalue weighted by Crippen LogP contribution is 2.40. The summed E-state index contributed by atoms with van der Waals surface area (Å²) in [6.45, 7) is 2.46. The van der Waals surface area contributed by atoms with Crippen molar-refractivity contribution in [1.82, 2.24) is 4.90 Å². The van der Waals surface area contributed by atoms with Gasteiger partial charge in [0.25, 0.3) is 0 Å². The number of hydrogen-bond donors (Lipinski definition) is 0. The number of methoxy groups -OCH3 is 5. The Morgan fingerprint density at radius 1 is 0.886 bits per heavy atom. The van der Waals surface area contributed by atoms with Crippen molar-refractivity contribution in [2.75, 3.05) is 48.7 Å². The van der Waals surface area contributed by atoms with Crippen molar-refractivity contribution in [2.24, 2.45) is 0 Å². The molecule has 0 radical (unpaired) electrons. The number of hydrogen-bond acceptors (Lipinski definition) is 9. The molecule has 0 aliphatic carbocycles. The maximum atomic E-state index is 13.8. The van der Waals surface area contributed by atoms with Gasteiger partial charge in [0.1, 0.15) is 17.9 Å². The minimum absolute atomic E-state index is 0.147. The molecular weight excluding hydrogens is 566 g/mol. The van der Waals surface area contributed by atoms with Crippen LogP contribution in [0.25, 0.3) is 17.0 Å². The molecule has 0 spiro atoms. The third-order valence-corrected chi connectivity index (χ3v) is 7.72. The molecule has 1 aliphatic rings. The number of benzene rings is 3. The zero-order chi connectivity index (χ0) is 31.4. The third-order valence-electron chi connectivity index (χ3n) is 7.72. The smallest absolute Gasteiger partial charge is 0.336 e. The van der Waals surface area contributed by atoms with Gasteiger partial charge in [-0.15, -0.1) is 0 Å². The lowest BCUT2D eigenvalue weighted by Crippen LogP contribution is -2.41. The number of aryl methyl sites for hydroxylation is 1. The number of fused-ring (bicyclic) bond motifs is 2. The van der Waals surface area contributed by atoms with Gasteiger partial charge >= 0.3 is 5.63 Å². The fourth-order valence-corrected chi connectivity index (χ4v) is 5.50. The number of carbonyl (C=O) groups excluding carboxylic acids is 1. The highest BCUT2D eigenvalue weighted by Gasteiger charge is 2.32. The number of nitrogens with zero attached hydrogens (tertiary/aromatic N) is 1. The molecule has 1 unspecified atom stereocenters. The Morgan fingerprint density at radius 2 is 1.57 bits per heavy atom. The molecule has 1 atom stereocenters. The van der Waals surface area contributed by atoms with Gasteiger partial charge in [-0.25, -0.2) is 4.79 Å². The van der Waals surface area contributed by atoms with Crippen molar-refractivity contribution in [1.29, 1.82) is 0 Å². The molecule has 1 aromatic heterocycles. The average molecular weight is 602 g/mol. The molecule has 230 valence electrons. The lowest BCUT2D eigenvalue weighted by molar-refractivity contribution is -0.129. The second-order valence-electron chi connectivity index (χ2n) is 10.2. The van der Waals surface area contributed by atoms with E-state index in [9.17, 15) is 9.59 Å². The molecule has 10 nitrogen and oxygen atoms in total. The van der Waals surface area contributed by atoms with E-state index in [2.05, 4.69) is 0 Å². The summed E-state index contributed by atoms with van der Waals surface area (Å²) in [6, 6.07) is 13.8. The van der Waals surface area contributed by atoms with E-state index in [0.29, 0.717) is 58.6 Å². The molecule has 4 aromatic rings. The van der Waals surface area contributed by atoms with E-state index in [1.165, 1.54) is 19.3 Å². The van der Waals surface area contributed by atoms with Gasteiger partial charge in [0.05, 0.1) is 41.6 Å². The van der Waals surface area contributed by atoms with Crippen LogP contribution >= 0.6 is 0 Å². The molecule has 0 fully saturated rings. The molecule has 0 bridgehead atoms. The number of carbonyl (C=O) groups is 1. The summed E-state index contributed by atoms with van der Waals surface area (Å²) in [5, 5.41) is 0.825. The Bertz CT molecular complexity index is 1750. The van der Waals surface area contributed by atoms with Crippen molar-refractivity contribution < 1.29 is 37.6 Å². The van der Waals surface area contributed by atoms with Crippen molar-refractivity contribution in [2.45, 2.75) is 19.4 Å². The summed E-state index contributed by atoms with van der Waals surface area (Å²) in [4.78, 5) is 27.5. The minimum Gasteiger partial charge on any atom is -0.493 e. The van der Waals surface area contributed by atoms with Gasteiger partial charge in [0.2, 0.25) is 11.7 Å². The molecule has 0 saturated heterocycles. The Hall–Kier alpha value is -5.12. The Kier molecular flexibility index (Phi) is 8.99. The molecule has 1 aliphatic heterocycles. The lowest BCUT2D eigenvalue weighted by Gasteiger charge is -2.37. The summed E-state index contributed by atoms with van der Waals surface area (Å²) in [6.07, 6.45) is 3.85. The van der Waals surface area contributed by atoms with Crippen LogP contribution in [0.2, 0.25) is 0 Å². The summed E-state index contributed by atoms with van der Waals surface area (Å²) >= 11 is 0. The molecule has 10 heteroatoms. The largest absolute Gasteiger partial charge is 0.493 e. The molecular formula is C34H35NO9. The maximum Gasteiger partial charge on any atom is 0.336 e. The standard InChI is InChI=1S/C34H35NO9/c1-20-13-33(37)44-27-17-23(8-9-24(20)27)43-19-26-25-18-29(39-3)28(38-2)16-22(25)11-12-35(26)32(36)10-7-21-14-30(40-4)34(42-6)31(15-21)41-5/h7-10,13-18,26H,11-12,19H2,1-6H3/b10-7+. The van der Waals surface area contributed by atoms with Crippen LogP contribution in [0.4, 0.5) is 0 Å². The Balaban J connectivity index is 1.47. The zero-order valence-electron chi connectivity index (χ0n) is 25.6. The summed E-state index contributed by atoms with van der Waals surface area (Å²) in [5.74, 6) is 2.93. The summed E-state index contributed by atoms with van der Waals surface area (Å²) < 4.78 is 39.1. The lowest BCUT2D eigenvalue weighted by atomic mass is 9.92. The van der Waals surface area contributed by atoms with Gasteiger partial charge in [-0.05, 0) is 78.1 Å². The van der Waals surface area contributed by atoms with Gasteiger partial charge in [-0.3, -0.25) is 4.79 Å². The van der Waals surface area contributed by atoms with Crippen molar-refractivity contribution >= 4 is 23.0 Å². The first-order valence-corrected chi connectivity index (χ1v) is 14.0. The fourth-order valence-electron chi connectivity index (χ4n) is 5.50. The first kappa shape index (κ1) is 30.3. The van der Waals surface area contributed by atoms with Crippen LogP contribution in [-0.4, -0.2) is 59.5 Å². The molecule has 2 heterocycles. The van der Waals surface area contributed by atoms with Crippen molar-refractivity contribution in [3.05, 3.63) is 87.3 Å². The van der Waals surface area contributed by atoms with Gasteiger partial charge < -0.3 is 37.7 Å². The molecule has 1 amide bonds. The van der Waals surface area contributed by atoms with Crippen molar-refractivity contribution in [3.8, 4) is 34.5 Å². The van der Waals surface area contributed by atoms with E-state index in [4.69, 9.17) is 32.8 Å². The van der Waals surface area contributed by atoms with E-state index in [-0.39, 0.29) is 12.5 Å². The topological polar surface area (TPSA) is 106 Å². The monoisotopic (exact) mass is 601 g/mol. The van der Waals surface area contributed by atoms with E-state index in [0.717, 1.165) is 22.1 Å². The fraction of sp³-hybridized carbons (Fsp3) is 0.294. The Morgan fingerprint density at radius 3 is 2.23 bits per heavy atom. The van der Waals surface area contributed by atoms with Crippen molar-refractivity contribution in [3.63, 3.8) is 0 Å². The van der Waals surface area contributed by atoms with E-state index in [1.54, 1.807) is 57.6 Å². The Labute approximate surface area is 255 Å². The van der Waals surface area contributed by atoms with Crippen LogP contribution < -0.4 is 34.0 Å². The normalized spacial score (nSPS) is 14.3. The second kappa shape index (κ2) is 13.0. The van der Waals surface area contributed by atoms with Gasteiger partial charge in [0.15, 0.2) is 23.0 Å². The molecule has 44 heavy (non-hydrogen) atoms. The summed E-state index contributed by atoms with van der Waals surface area (Å²) in [7, 11) is 7.79. The van der Waals surface area contributed by atoms with Gasteiger partial charge in [-0.2, -0.15) is 0 Å². The van der Waals surface area contributed by atoms with Crippen LogP contribution in [0, 0.1) is 6.92 Å². The van der Waals surface area contributed by atoms with E-state index >= 15 is 0 Å². The van der Waals surface area contributed by atoms with E-state index < -0.39 is 11.7 Å². The number of ether oxygens (including phenoxy) is 6. The first-order valence-electron chi connectivity index (χ1n) is 14.0. The maximum absolute atomic E-state index is 13.8. The van der Waals surface area contributed by atoms with Crippen LogP contribution in [0.5, 0.6) is 34.5 Å². The molecule has 0 saturated carbocycles. The van der Waals surface area contributed by atoms with E-state index in [1.807, 2.05) is 31.2 Å². The predicted molar refractivity (Wildman–Crippen MR) is 166 cm³/mol. The second-order valence-corrected chi connectivity index (χ2v) is 10.2. The minimum atomic E-state index is -0.448. The highest BCUT2D eigenvalue weighted by atomic mass is 16.5. The third kappa shape index (κ3) is 6.01.